The quantitative estimate of drug-likeness (QED) is 0.170. The van der Waals surface area contributed by atoms with Crippen molar-refractivity contribution in [2.24, 2.45) is 17.6 Å². The molecule has 4 rings (SSSR count). The van der Waals surface area contributed by atoms with Crippen molar-refractivity contribution < 1.29 is 28.7 Å². The zero-order valence-corrected chi connectivity index (χ0v) is 27.8. The Bertz CT molecular complexity index is 1630. The summed E-state index contributed by atoms with van der Waals surface area (Å²) in [6, 6.07) is 6.50. The van der Waals surface area contributed by atoms with Crippen molar-refractivity contribution in [1.82, 2.24) is 20.5 Å². The Morgan fingerprint density at radius 1 is 1.09 bits per heavy atom. The Balaban J connectivity index is 1.78. The van der Waals surface area contributed by atoms with Gasteiger partial charge in [0.1, 0.15) is 23.4 Å². The molecule has 3 aromatic rings. The molecule has 13 heteroatoms. The molecule has 0 spiro atoms. The van der Waals surface area contributed by atoms with Crippen LogP contribution in [0.25, 0.3) is 10.9 Å². The van der Waals surface area contributed by atoms with Crippen LogP contribution in [0.5, 0.6) is 0 Å². The number of aromatic amines is 1. The molecule has 1 aliphatic carbocycles. The highest BCUT2D eigenvalue weighted by Crippen LogP contribution is 2.38. The van der Waals surface area contributed by atoms with Crippen molar-refractivity contribution in [1.29, 1.82) is 0 Å². The first-order valence-corrected chi connectivity index (χ1v) is 16.1. The molecular formula is C33H40Cl2FN5O5. The van der Waals surface area contributed by atoms with Gasteiger partial charge >= 0.3 is 6.09 Å². The minimum atomic E-state index is -1.58. The highest BCUT2D eigenvalue weighted by molar-refractivity contribution is 6.38. The molecule has 0 aliphatic heterocycles. The van der Waals surface area contributed by atoms with Crippen LogP contribution < -0.4 is 16.4 Å². The number of benzene rings is 2. The lowest BCUT2D eigenvalue weighted by Gasteiger charge is -2.41. The van der Waals surface area contributed by atoms with Crippen molar-refractivity contribution in [3.05, 3.63) is 69.1 Å². The Kier molecular flexibility index (Phi) is 10.9. The molecule has 46 heavy (non-hydrogen) atoms. The maximum atomic E-state index is 14.3. The van der Waals surface area contributed by atoms with E-state index < -0.39 is 53.2 Å². The first-order chi connectivity index (χ1) is 21.7. The lowest BCUT2D eigenvalue weighted by atomic mass is 9.78. The van der Waals surface area contributed by atoms with E-state index in [1.165, 1.54) is 24.3 Å². The molecule has 0 bridgehead atoms. The minimum Gasteiger partial charge on any atom is -0.465 e. The first-order valence-electron chi connectivity index (χ1n) is 15.4. The van der Waals surface area contributed by atoms with E-state index in [0.29, 0.717) is 45.8 Å². The number of primary amides is 1. The Labute approximate surface area is 277 Å². The Morgan fingerprint density at radius 2 is 1.74 bits per heavy atom. The summed E-state index contributed by atoms with van der Waals surface area (Å²) in [5.41, 5.74) is 6.79. The van der Waals surface area contributed by atoms with E-state index in [-0.39, 0.29) is 25.3 Å². The number of carbonyl (C=O) groups is 4. The van der Waals surface area contributed by atoms with Crippen LogP contribution in [-0.2, 0) is 33.8 Å². The lowest BCUT2D eigenvalue weighted by molar-refractivity contribution is -0.139. The van der Waals surface area contributed by atoms with Crippen LogP contribution in [0.3, 0.4) is 0 Å². The van der Waals surface area contributed by atoms with Crippen molar-refractivity contribution in [2.75, 3.05) is 0 Å². The fraction of sp³-hybridized carbons (Fsp3) is 0.455. The average Bonchev–Trinajstić information content (AvgIpc) is 3.37. The van der Waals surface area contributed by atoms with Crippen LogP contribution in [0.4, 0.5) is 9.18 Å². The maximum Gasteiger partial charge on any atom is 0.408 e. The molecule has 1 aromatic heterocycles. The van der Waals surface area contributed by atoms with Gasteiger partial charge < -0.3 is 26.5 Å². The zero-order chi connectivity index (χ0) is 33.9. The van der Waals surface area contributed by atoms with Crippen molar-refractivity contribution in [3.63, 3.8) is 0 Å². The molecule has 0 saturated carbocycles. The fourth-order valence-electron chi connectivity index (χ4n) is 6.15. The van der Waals surface area contributed by atoms with Crippen molar-refractivity contribution in [2.45, 2.75) is 84.0 Å². The predicted octanol–water partition coefficient (Wildman–Crippen LogP) is 5.57. The number of H-pyrrole nitrogens is 1. The molecule has 5 atom stereocenters. The predicted molar refractivity (Wildman–Crippen MR) is 175 cm³/mol. The summed E-state index contributed by atoms with van der Waals surface area (Å²) in [5, 5.41) is 17.5. The van der Waals surface area contributed by atoms with Crippen LogP contribution in [-0.4, -0.2) is 56.4 Å². The van der Waals surface area contributed by atoms with Crippen molar-refractivity contribution >= 4 is 57.9 Å². The molecule has 0 saturated heterocycles. The number of aryl methyl sites for hydroxylation is 1. The number of rotatable bonds is 12. The minimum absolute atomic E-state index is 0.0147. The van der Waals surface area contributed by atoms with Gasteiger partial charge in [-0.3, -0.25) is 19.3 Å². The molecule has 2 aromatic carbocycles. The number of aromatic nitrogens is 1. The van der Waals surface area contributed by atoms with E-state index >= 15 is 0 Å². The Hall–Kier alpha value is -3.83. The highest BCUT2D eigenvalue weighted by Gasteiger charge is 2.47. The smallest absolute Gasteiger partial charge is 0.408 e. The third-order valence-corrected chi connectivity index (χ3v) is 9.72. The van der Waals surface area contributed by atoms with Gasteiger partial charge in [0.25, 0.3) is 0 Å². The molecule has 6 N–H and O–H groups in total. The summed E-state index contributed by atoms with van der Waals surface area (Å²) >= 11 is 12.8. The first kappa shape index (κ1) is 35.0. The SMILES string of the molecule is CC[C@H](C)C(NC(=O)[C@@]1(NC(=O)C([C@@H](C)CC)N(Cc2ccc(F)cc2)C(=O)O)CCc2[nH]c3c(Cl)cc(Cl)cc3c2C1)C(N)=O. The second kappa shape index (κ2) is 14.3. The van der Waals surface area contributed by atoms with Gasteiger partial charge in [-0.1, -0.05) is 75.9 Å². The molecule has 4 amide bonds. The van der Waals surface area contributed by atoms with E-state index in [1.807, 2.05) is 13.8 Å². The van der Waals surface area contributed by atoms with Crippen LogP contribution >= 0.6 is 23.2 Å². The normalized spacial score (nSPS) is 18.6. The molecule has 248 valence electrons. The number of nitrogens with two attached hydrogens (primary N) is 1. The summed E-state index contributed by atoms with van der Waals surface area (Å²) in [7, 11) is 0. The molecule has 0 radical (unpaired) electrons. The number of nitrogens with zero attached hydrogens (tertiary/aromatic N) is 1. The highest BCUT2D eigenvalue weighted by atomic mass is 35.5. The maximum absolute atomic E-state index is 14.3. The summed E-state index contributed by atoms with van der Waals surface area (Å²) in [4.78, 5) is 58.1. The van der Waals surface area contributed by atoms with E-state index in [4.69, 9.17) is 28.9 Å². The molecule has 10 nitrogen and oxygen atoms in total. The third kappa shape index (κ3) is 7.25. The van der Waals surface area contributed by atoms with Gasteiger partial charge in [0.05, 0.1) is 10.5 Å². The van der Waals surface area contributed by atoms with E-state index in [0.717, 1.165) is 16.2 Å². The number of hydrogen-bond donors (Lipinski definition) is 5. The van der Waals surface area contributed by atoms with Gasteiger partial charge in [-0.2, -0.15) is 0 Å². The number of halogens is 3. The Morgan fingerprint density at radius 3 is 2.33 bits per heavy atom. The number of carboxylic acid groups (broad SMARTS) is 1. The summed E-state index contributed by atoms with van der Waals surface area (Å²) < 4.78 is 13.6. The van der Waals surface area contributed by atoms with Gasteiger partial charge in [0.15, 0.2) is 0 Å². The van der Waals surface area contributed by atoms with Gasteiger partial charge in [0.2, 0.25) is 17.7 Å². The van der Waals surface area contributed by atoms with Crippen molar-refractivity contribution in [3.8, 4) is 0 Å². The topological polar surface area (TPSA) is 158 Å². The van der Waals surface area contributed by atoms with Crippen LogP contribution in [0.1, 0.15) is 63.8 Å². The summed E-state index contributed by atoms with van der Waals surface area (Å²) in [6.07, 6.45) is 0.152. The number of nitrogens with one attached hydrogen (secondary N) is 3. The van der Waals surface area contributed by atoms with E-state index in [9.17, 15) is 28.7 Å². The summed E-state index contributed by atoms with van der Waals surface area (Å²) in [6.45, 7) is 7.07. The molecule has 0 fully saturated rings. The zero-order valence-electron chi connectivity index (χ0n) is 26.3. The third-order valence-electron chi connectivity index (χ3n) is 9.20. The fourth-order valence-corrected chi connectivity index (χ4v) is 6.69. The second-order valence-electron chi connectivity index (χ2n) is 12.2. The van der Waals surface area contributed by atoms with Crippen LogP contribution in [0, 0.1) is 17.7 Å². The van der Waals surface area contributed by atoms with Crippen LogP contribution in [0.15, 0.2) is 36.4 Å². The number of carbonyl (C=O) groups excluding carboxylic acids is 3. The lowest BCUT2D eigenvalue weighted by Crippen LogP contribution is -2.67. The van der Waals surface area contributed by atoms with Crippen LogP contribution in [0.2, 0.25) is 10.0 Å². The molecular weight excluding hydrogens is 636 g/mol. The molecule has 2 unspecified atom stereocenters. The largest absolute Gasteiger partial charge is 0.465 e. The van der Waals surface area contributed by atoms with Gasteiger partial charge in [-0.25, -0.2) is 9.18 Å². The summed E-state index contributed by atoms with van der Waals surface area (Å²) in [5.74, 6) is -3.21. The van der Waals surface area contributed by atoms with Gasteiger partial charge in [-0.15, -0.1) is 0 Å². The van der Waals surface area contributed by atoms with E-state index in [1.54, 1.807) is 26.0 Å². The number of fused-ring (bicyclic) bond motifs is 3. The average molecular weight is 677 g/mol. The van der Waals surface area contributed by atoms with Gasteiger partial charge in [0, 0.05) is 29.1 Å². The molecule has 1 heterocycles. The van der Waals surface area contributed by atoms with E-state index in [2.05, 4.69) is 15.6 Å². The monoisotopic (exact) mass is 675 g/mol. The number of amides is 4. The standard InChI is InChI=1S/C33H40Cl2FN5O5/c1-5-17(3)26(29(37)42)39-31(44)33(12-11-25-23(15-33)22-13-20(34)14-24(35)27(22)38-25)40-30(43)28(18(4)6-2)41(32(45)46)16-19-7-9-21(36)10-8-19/h7-10,13-14,17-18,26,28,38H,5-6,11-12,15-16H2,1-4H3,(H2,37,42)(H,39,44)(H,40,43)(H,45,46)/t17-,18-,26?,28?,33+/m0/s1. The number of hydrogen-bond acceptors (Lipinski definition) is 4. The molecule has 1 aliphatic rings. The second-order valence-corrected chi connectivity index (χ2v) is 13.1. The van der Waals surface area contributed by atoms with Gasteiger partial charge in [-0.05, 0) is 60.1 Å².